The number of methoxy groups -OCH3 is 1. The number of carboxylic acids is 1. The predicted molar refractivity (Wildman–Crippen MR) is 103 cm³/mol. The summed E-state index contributed by atoms with van der Waals surface area (Å²) in [5.41, 5.74) is 0.995. The topological polar surface area (TPSA) is 107 Å². The van der Waals surface area contributed by atoms with Crippen LogP contribution in [0.15, 0.2) is 60.2 Å². The number of benzene rings is 2. The molecule has 0 spiro atoms. The first-order valence-electron chi connectivity index (χ1n) is 9.11. The van der Waals surface area contributed by atoms with Gasteiger partial charge in [-0.2, -0.15) is 0 Å². The quantitative estimate of drug-likeness (QED) is 0.435. The zero-order valence-electron chi connectivity index (χ0n) is 15.8. The Morgan fingerprint density at radius 1 is 1.10 bits per heavy atom. The summed E-state index contributed by atoms with van der Waals surface area (Å²) in [7, 11) is 1.52. The highest BCUT2D eigenvalue weighted by Gasteiger charge is 2.45. The molecule has 1 saturated heterocycles. The van der Waals surface area contributed by atoms with Crippen LogP contribution in [0.25, 0.3) is 5.76 Å². The zero-order valence-corrected chi connectivity index (χ0v) is 15.8. The molecule has 0 bridgehead atoms. The second kappa shape index (κ2) is 8.60. The minimum Gasteiger partial charge on any atom is -0.550 e. The van der Waals surface area contributed by atoms with Crippen molar-refractivity contribution in [1.29, 1.82) is 0 Å². The molecule has 3 rings (SSSR count). The Labute approximate surface area is 167 Å². The van der Waals surface area contributed by atoms with Crippen molar-refractivity contribution in [3.63, 3.8) is 0 Å². The molecule has 1 atom stereocenters. The van der Waals surface area contributed by atoms with Crippen LogP contribution in [0.5, 0.6) is 5.75 Å². The molecule has 0 saturated carbocycles. The number of aliphatic hydroxyl groups is 1. The number of ketones is 1. The highest BCUT2D eigenvalue weighted by atomic mass is 16.5. The minimum absolute atomic E-state index is 0.0279. The Kier molecular flexibility index (Phi) is 5.97. The van der Waals surface area contributed by atoms with Crippen LogP contribution in [0.2, 0.25) is 0 Å². The lowest BCUT2D eigenvalue weighted by Crippen LogP contribution is -2.32. The van der Waals surface area contributed by atoms with Crippen molar-refractivity contribution in [1.82, 2.24) is 4.90 Å². The monoisotopic (exact) mass is 394 g/mol. The molecule has 7 nitrogen and oxygen atoms in total. The molecule has 1 fully saturated rings. The van der Waals surface area contributed by atoms with E-state index < -0.39 is 23.7 Å². The molecule has 29 heavy (non-hydrogen) atoms. The highest BCUT2D eigenvalue weighted by molar-refractivity contribution is 6.46. The number of Topliss-reactive ketones (excluding diaryl/α,β-unsaturated/α-hetero) is 1. The Bertz CT molecular complexity index is 949. The fourth-order valence-electron chi connectivity index (χ4n) is 3.39. The first kappa shape index (κ1) is 20.1. The van der Waals surface area contributed by atoms with E-state index in [1.807, 2.05) is 0 Å². The average molecular weight is 394 g/mol. The van der Waals surface area contributed by atoms with E-state index in [1.165, 1.54) is 12.0 Å². The maximum Gasteiger partial charge on any atom is 0.295 e. The van der Waals surface area contributed by atoms with Crippen molar-refractivity contribution in [3.05, 3.63) is 71.3 Å². The molecular formula is C22H20NO6-. The maximum atomic E-state index is 12.8. The van der Waals surface area contributed by atoms with Gasteiger partial charge in [-0.25, -0.2) is 0 Å². The van der Waals surface area contributed by atoms with E-state index in [4.69, 9.17) is 4.74 Å². The van der Waals surface area contributed by atoms with Crippen molar-refractivity contribution in [2.75, 3.05) is 13.7 Å². The largest absolute Gasteiger partial charge is 0.550 e. The molecule has 1 heterocycles. The van der Waals surface area contributed by atoms with Crippen LogP contribution in [0.4, 0.5) is 0 Å². The van der Waals surface area contributed by atoms with Crippen LogP contribution in [0.3, 0.4) is 0 Å². The van der Waals surface area contributed by atoms with Crippen molar-refractivity contribution >= 4 is 23.4 Å². The standard InChI is InChI=1S/C22H21NO6/c1-29-16-11-9-14(10-12-16)19-18(20(26)15-6-3-2-4-7-15)21(27)22(28)23(19)13-5-8-17(24)25/h2-4,6-7,9-12,19,26H,5,8,13H2,1H3,(H,24,25)/p-1/t19-/m1/s1. The SMILES string of the molecule is COc1ccc([C@@H]2C(=C(O)c3ccccc3)C(=O)C(=O)N2CCCC(=O)[O-])cc1. The van der Waals surface area contributed by atoms with Gasteiger partial charge in [0.2, 0.25) is 0 Å². The smallest absolute Gasteiger partial charge is 0.295 e. The van der Waals surface area contributed by atoms with Gasteiger partial charge >= 0.3 is 0 Å². The molecule has 1 amide bonds. The van der Waals surface area contributed by atoms with Gasteiger partial charge in [-0.3, -0.25) is 9.59 Å². The highest BCUT2D eigenvalue weighted by Crippen LogP contribution is 2.39. The first-order valence-corrected chi connectivity index (χ1v) is 9.11. The lowest BCUT2D eigenvalue weighted by molar-refractivity contribution is -0.305. The number of carboxylic acid groups (broad SMARTS) is 1. The number of rotatable bonds is 7. The number of amides is 1. The average Bonchev–Trinajstić information content (AvgIpc) is 2.98. The molecule has 0 aliphatic carbocycles. The molecule has 0 aromatic heterocycles. The lowest BCUT2D eigenvalue weighted by Gasteiger charge is -2.25. The van der Waals surface area contributed by atoms with E-state index in [2.05, 4.69) is 0 Å². The number of hydrogen-bond acceptors (Lipinski definition) is 6. The normalized spacial score (nSPS) is 18.1. The molecule has 2 aromatic rings. The van der Waals surface area contributed by atoms with E-state index in [-0.39, 0.29) is 30.7 Å². The molecule has 1 aliphatic heterocycles. The van der Waals surface area contributed by atoms with Gasteiger partial charge in [0.15, 0.2) is 0 Å². The van der Waals surface area contributed by atoms with E-state index in [9.17, 15) is 24.6 Å². The van der Waals surface area contributed by atoms with Crippen LogP contribution in [-0.2, 0) is 14.4 Å². The second-order valence-electron chi connectivity index (χ2n) is 6.61. The van der Waals surface area contributed by atoms with E-state index in [0.717, 1.165) is 0 Å². The summed E-state index contributed by atoms with van der Waals surface area (Å²) in [6.07, 6.45) is -0.107. The van der Waals surface area contributed by atoms with Gasteiger partial charge < -0.3 is 24.6 Å². The Hall–Kier alpha value is -3.61. The summed E-state index contributed by atoms with van der Waals surface area (Å²) in [6, 6.07) is 14.5. The molecule has 1 N–H and O–H groups in total. The number of carbonyl (C=O) groups excluding carboxylic acids is 3. The van der Waals surface area contributed by atoms with E-state index in [1.54, 1.807) is 54.6 Å². The molecule has 0 radical (unpaired) electrons. The Morgan fingerprint density at radius 3 is 2.34 bits per heavy atom. The number of aliphatic carboxylic acids is 1. The van der Waals surface area contributed by atoms with Crippen LogP contribution in [0, 0.1) is 0 Å². The van der Waals surface area contributed by atoms with E-state index >= 15 is 0 Å². The van der Waals surface area contributed by atoms with Crippen LogP contribution in [0.1, 0.15) is 30.0 Å². The van der Waals surface area contributed by atoms with Gasteiger partial charge in [-0.1, -0.05) is 42.5 Å². The molecule has 0 unspecified atom stereocenters. The fourth-order valence-corrected chi connectivity index (χ4v) is 3.39. The third kappa shape index (κ3) is 4.13. The van der Waals surface area contributed by atoms with Crippen LogP contribution >= 0.6 is 0 Å². The van der Waals surface area contributed by atoms with Crippen molar-refractivity contribution in [3.8, 4) is 5.75 Å². The lowest BCUT2D eigenvalue weighted by atomic mass is 9.95. The number of likely N-dealkylation sites (tertiary alicyclic amines) is 1. The third-order valence-corrected chi connectivity index (χ3v) is 4.80. The summed E-state index contributed by atoms with van der Waals surface area (Å²) in [5.74, 6) is -2.48. The fraction of sp³-hybridized carbons (Fsp3) is 0.227. The van der Waals surface area contributed by atoms with Crippen LogP contribution < -0.4 is 9.84 Å². The molecular weight excluding hydrogens is 374 g/mol. The Balaban J connectivity index is 2.07. The number of nitrogens with zero attached hydrogens (tertiary/aromatic N) is 1. The number of ether oxygens (including phenoxy) is 1. The zero-order chi connectivity index (χ0) is 21.0. The third-order valence-electron chi connectivity index (χ3n) is 4.80. The van der Waals surface area contributed by atoms with Crippen molar-refractivity contribution in [2.45, 2.75) is 18.9 Å². The van der Waals surface area contributed by atoms with Gasteiger partial charge in [0.25, 0.3) is 11.7 Å². The summed E-state index contributed by atoms with van der Waals surface area (Å²) in [5, 5.41) is 21.6. The van der Waals surface area contributed by atoms with Gasteiger partial charge in [-0.15, -0.1) is 0 Å². The van der Waals surface area contributed by atoms with Crippen LogP contribution in [-0.4, -0.2) is 41.3 Å². The summed E-state index contributed by atoms with van der Waals surface area (Å²) >= 11 is 0. The maximum absolute atomic E-state index is 12.8. The number of hydrogen-bond donors (Lipinski definition) is 1. The predicted octanol–water partition coefficient (Wildman–Crippen LogP) is 1.65. The summed E-state index contributed by atoms with van der Waals surface area (Å²) in [4.78, 5) is 37.5. The molecule has 2 aromatic carbocycles. The number of carbonyl (C=O) groups is 3. The molecule has 7 heteroatoms. The van der Waals surface area contributed by atoms with Gasteiger partial charge in [-0.05, 0) is 30.5 Å². The molecule has 1 aliphatic rings. The van der Waals surface area contributed by atoms with Crippen molar-refractivity contribution < 1.29 is 29.3 Å². The van der Waals surface area contributed by atoms with Gasteiger partial charge in [0.1, 0.15) is 11.5 Å². The van der Waals surface area contributed by atoms with Crippen molar-refractivity contribution in [2.24, 2.45) is 0 Å². The van der Waals surface area contributed by atoms with Gasteiger partial charge in [0.05, 0.1) is 18.7 Å². The second-order valence-corrected chi connectivity index (χ2v) is 6.61. The Morgan fingerprint density at radius 2 is 1.76 bits per heavy atom. The summed E-state index contributed by atoms with van der Waals surface area (Å²) < 4.78 is 5.15. The van der Waals surface area contributed by atoms with Gasteiger partial charge in [0, 0.05) is 18.1 Å². The first-order chi connectivity index (χ1) is 13.9. The number of aliphatic hydroxyl groups excluding tert-OH is 1. The summed E-state index contributed by atoms with van der Waals surface area (Å²) in [6.45, 7) is 0.0425. The minimum atomic E-state index is -1.23. The molecule has 150 valence electrons. The van der Waals surface area contributed by atoms with E-state index in [0.29, 0.717) is 16.9 Å².